The molecule has 2 aromatic carbocycles. The third-order valence-electron chi connectivity index (χ3n) is 4.59. The number of benzene rings is 2. The van der Waals surface area contributed by atoms with Crippen molar-refractivity contribution in [2.45, 2.75) is 25.8 Å². The van der Waals surface area contributed by atoms with E-state index in [9.17, 15) is 14.0 Å². The SMILES string of the molecule is CCCN1CC(NC(=O)c2cccc(-c3ccc(F)c(C#N)c3)c2)CC1=O. The second-order valence-electron chi connectivity index (χ2n) is 6.60. The number of hydrogen-bond donors (Lipinski definition) is 1. The average Bonchev–Trinajstić information content (AvgIpc) is 3.01. The molecular weight excluding hydrogens is 345 g/mol. The van der Waals surface area contributed by atoms with Gasteiger partial charge in [0.2, 0.25) is 5.91 Å². The zero-order valence-corrected chi connectivity index (χ0v) is 15.0. The van der Waals surface area contributed by atoms with E-state index in [4.69, 9.17) is 5.26 Å². The maximum Gasteiger partial charge on any atom is 0.251 e. The van der Waals surface area contributed by atoms with E-state index in [1.165, 1.54) is 12.1 Å². The van der Waals surface area contributed by atoms with Crippen LogP contribution in [0.25, 0.3) is 11.1 Å². The molecular formula is C21H20FN3O2. The number of nitriles is 1. The van der Waals surface area contributed by atoms with Crippen molar-refractivity contribution < 1.29 is 14.0 Å². The number of hydrogen-bond acceptors (Lipinski definition) is 3. The Morgan fingerprint density at radius 2 is 2.07 bits per heavy atom. The molecule has 1 fully saturated rings. The summed E-state index contributed by atoms with van der Waals surface area (Å²) < 4.78 is 13.5. The Morgan fingerprint density at radius 1 is 1.30 bits per heavy atom. The molecule has 0 spiro atoms. The molecule has 1 aliphatic heterocycles. The van der Waals surface area contributed by atoms with Crippen LogP contribution in [0.5, 0.6) is 0 Å². The minimum Gasteiger partial charge on any atom is -0.347 e. The molecule has 1 atom stereocenters. The Kier molecular flexibility index (Phi) is 5.51. The van der Waals surface area contributed by atoms with Crippen molar-refractivity contribution in [2.75, 3.05) is 13.1 Å². The van der Waals surface area contributed by atoms with Crippen LogP contribution in [0.15, 0.2) is 42.5 Å². The summed E-state index contributed by atoms with van der Waals surface area (Å²) in [5.74, 6) is -0.764. The molecule has 1 aliphatic rings. The zero-order chi connectivity index (χ0) is 19.4. The standard InChI is InChI=1S/C21H20FN3O2/c1-2-8-25-13-18(11-20(25)26)24-21(27)16-5-3-4-14(9-16)15-6-7-19(22)17(10-15)12-23/h3-7,9-10,18H,2,8,11,13H2,1H3,(H,24,27). The highest BCUT2D eigenvalue weighted by Crippen LogP contribution is 2.23. The maximum absolute atomic E-state index is 13.5. The lowest BCUT2D eigenvalue weighted by Gasteiger charge is -2.16. The normalized spacial score (nSPS) is 16.3. The fraction of sp³-hybridized carbons (Fsp3) is 0.286. The largest absolute Gasteiger partial charge is 0.347 e. The van der Waals surface area contributed by atoms with Gasteiger partial charge in [-0.05, 0) is 41.8 Å². The van der Waals surface area contributed by atoms with Gasteiger partial charge in [0.15, 0.2) is 0 Å². The second-order valence-corrected chi connectivity index (χ2v) is 6.60. The second kappa shape index (κ2) is 8.00. The van der Waals surface area contributed by atoms with Gasteiger partial charge in [-0.3, -0.25) is 9.59 Å². The summed E-state index contributed by atoms with van der Waals surface area (Å²) in [5.41, 5.74) is 1.79. The number of nitrogens with one attached hydrogen (secondary N) is 1. The summed E-state index contributed by atoms with van der Waals surface area (Å²) in [7, 11) is 0. The van der Waals surface area contributed by atoms with E-state index in [1.54, 1.807) is 35.2 Å². The molecule has 1 saturated heterocycles. The Bertz CT molecular complexity index is 920. The first-order chi connectivity index (χ1) is 13.0. The smallest absolute Gasteiger partial charge is 0.251 e. The molecule has 3 rings (SSSR count). The quantitative estimate of drug-likeness (QED) is 0.885. The van der Waals surface area contributed by atoms with Crippen molar-refractivity contribution in [3.8, 4) is 17.2 Å². The van der Waals surface area contributed by atoms with Gasteiger partial charge in [-0.25, -0.2) is 4.39 Å². The molecule has 1 N–H and O–H groups in total. The predicted molar refractivity (Wildman–Crippen MR) is 99.3 cm³/mol. The molecule has 27 heavy (non-hydrogen) atoms. The molecule has 1 unspecified atom stereocenters. The predicted octanol–water partition coefficient (Wildman–Crippen LogP) is 3.11. The summed E-state index contributed by atoms with van der Waals surface area (Å²) in [4.78, 5) is 26.3. The molecule has 5 nitrogen and oxygen atoms in total. The first kappa shape index (κ1) is 18.6. The Labute approximate surface area is 157 Å². The van der Waals surface area contributed by atoms with Crippen molar-refractivity contribution >= 4 is 11.8 Å². The van der Waals surface area contributed by atoms with Crippen LogP contribution in [-0.2, 0) is 4.79 Å². The average molecular weight is 365 g/mol. The van der Waals surface area contributed by atoms with E-state index < -0.39 is 5.82 Å². The van der Waals surface area contributed by atoms with E-state index in [2.05, 4.69) is 5.32 Å². The van der Waals surface area contributed by atoms with Gasteiger partial charge in [-0.15, -0.1) is 0 Å². The lowest BCUT2D eigenvalue weighted by molar-refractivity contribution is -0.127. The number of halogens is 1. The van der Waals surface area contributed by atoms with E-state index in [0.717, 1.165) is 6.42 Å². The molecule has 0 bridgehead atoms. The maximum atomic E-state index is 13.5. The number of likely N-dealkylation sites (tertiary alicyclic amines) is 1. The van der Waals surface area contributed by atoms with Crippen molar-refractivity contribution in [3.63, 3.8) is 0 Å². The highest BCUT2D eigenvalue weighted by Gasteiger charge is 2.30. The van der Waals surface area contributed by atoms with Crippen LogP contribution in [0.1, 0.15) is 35.7 Å². The third kappa shape index (κ3) is 4.14. The summed E-state index contributed by atoms with van der Waals surface area (Å²) in [6.45, 7) is 3.24. The monoisotopic (exact) mass is 365 g/mol. The number of carbonyl (C=O) groups is 2. The van der Waals surface area contributed by atoms with E-state index in [0.29, 0.717) is 36.2 Å². The van der Waals surface area contributed by atoms with Crippen LogP contribution in [0.3, 0.4) is 0 Å². The molecule has 2 aromatic rings. The summed E-state index contributed by atoms with van der Waals surface area (Å²) in [5, 5.41) is 11.9. The first-order valence-corrected chi connectivity index (χ1v) is 8.90. The number of nitrogens with zero attached hydrogens (tertiary/aromatic N) is 2. The Morgan fingerprint density at radius 3 is 2.81 bits per heavy atom. The van der Waals surface area contributed by atoms with Crippen molar-refractivity contribution in [1.82, 2.24) is 10.2 Å². The summed E-state index contributed by atoms with van der Waals surface area (Å²) >= 11 is 0. The van der Waals surface area contributed by atoms with Crippen molar-refractivity contribution in [1.29, 1.82) is 5.26 Å². The molecule has 0 aromatic heterocycles. The number of carbonyl (C=O) groups excluding carboxylic acids is 2. The van der Waals surface area contributed by atoms with Gasteiger partial charge >= 0.3 is 0 Å². The van der Waals surface area contributed by atoms with Crippen LogP contribution >= 0.6 is 0 Å². The summed E-state index contributed by atoms with van der Waals surface area (Å²) in [6.07, 6.45) is 1.20. The topological polar surface area (TPSA) is 73.2 Å². The molecule has 138 valence electrons. The van der Waals surface area contributed by atoms with E-state index >= 15 is 0 Å². The minimum absolute atomic E-state index is 0.0390. The summed E-state index contributed by atoms with van der Waals surface area (Å²) in [6, 6.07) is 12.8. The van der Waals surface area contributed by atoms with Crippen LogP contribution in [-0.4, -0.2) is 35.8 Å². The van der Waals surface area contributed by atoms with Gasteiger partial charge in [0.05, 0.1) is 11.6 Å². The van der Waals surface area contributed by atoms with Crippen LogP contribution in [0, 0.1) is 17.1 Å². The van der Waals surface area contributed by atoms with Crippen molar-refractivity contribution in [2.24, 2.45) is 0 Å². The third-order valence-corrected chi connectivity index (χ3v) is 4.59. The lowest BCUT2D eigenvalue weighted by atomic mass is 10.0. The molecule has 0 saturated carbocycles. The highest BCUT2D eigenvalue weighted by molar-refractivity contribution is 5.96. The van der Waals surface area contributed by atoms with Gasteiger partial charge in [0, 0.05) is 25.1 Å². The fourth-order valence-corrected chi connectivity index (χ4v) is 3.25. The van der Waals surface area contributed by atoms with Crippen LogP contribution in [0.2, 0.25) is 0 Å². The van der Waals surface area contributed by atoms with E-state index in [-0.39, 0.29) is 23.4 Å². The molecule has 0 radical (unpaired) electrons. The van der Waals surface area contributed by atoms with E-state index in [1.807, 2.05) is 13.0 Å². The molecule has 6 heteroatoms. The van der Waals surface area contributed by atoms with Gasteiger partial charge in [0.1, 0.15) is 11.9 Å². The van der Waals surface area contributed by atoms with Gasteiger partial charge in [-0.2, -0.15) is 5.26 Å². The van der Waals surface area contributed by atoms with Crippen LogP contribution in [0.4, 0.5) is 4.39 Å². The highest BCUT2D eigenvalue weighted by atomic mass is 19.1. The zero-order valence-electron chi connectivity index (χ0n) is 15.0. The number of amides is 2. The van der Waals surface area contributed by atoms with Gasteiger partial charge < -0.3 is 10.2 Å². The fourth-order valence-electron chi connectivity index (χ4n) is 3.25. The molecule has 2 amide bonds. The van der Waals surface area contributed by atoms with Crippen molar-refractivity contribution in [3.05, 3.63) is 59.4 Å². The molecule has 0 aliphatic carbocycles. The Balaban J connectivity index is 1.75. The number of rotatable bonds is 5. The Hall–Kier alpha value is -3.20. The molecule has 1 heterocycles. The first-order valence-electron chi connectivity index (χ1n) is 8.90. The van der Waals surface area contributed by atoms with Gasteiger partial charge in [-0.1, -0.05) is 25.1 Å². The minimum atomic E-state index is -0.572. The van der Waals surface area contributed by atoms with Gasteiger partial charge in [0.25, 0.3) is 5.91 Å². The van der Waals surface area contributed by atoms with Crippen LogP contribution < -0.4 is 5.32 Å². The lowest BCUT2D eigenvalue weighted by Crippen LogP contribution is -2.37.